The van der Waals surface area contributed by atoms with Crippen molar-refractivity contribution in [2.24, 2.45) is 0 Å². The van der Waals surface area contributed by atoms with Crippen LogP contribution in [0.25, 0.3) is 0 Å². The van der Waals surface area contributed by atoms with Crippen molar-refractivity contribution in [1.82, 2.24) is 0 Å². The fourth-order valence-electron chi connectivity index (χ4n) is 2.18. The molecule has 0 bridgehead atoms. The van der Waals surface area contributed by atoms with E-state index in [0.717, 1.165) is 28.6 Å². The van der Waals surface area contributed by atoms with Crippen LogP contribution in [0.3, 0.4) is 0 Å². The average molecular weight is 352 g/mol. The Balaban J connectivity index is 2.24. The molecule has 1 amide bonds. The molecule has 0 saturated heterocycles. The van der Waals surface area contributed by atoms with Crippen LogP contribution in [-0.2, 0) is 6.61 Å². The van der Waals surface area contributed by atoms with Crippen molar-refractivity contribution in [2.75, 3.05) is 11.3 Å². The summed E-state index contributed by atoms with van der Waals surface area (Å²) in [5, 5.41) is 10.7. The van der Waals surface area contributed by atoms with Gasteiger partial charge in [-0.3, -0.25) is 10.0 Å². The highest BCUT2D eigenvalue weighted by molar-refractivity contribution is 8.13. The lowest BCUT2D eigenvalue weighted by Gasteiger charge is -2.18. The lowest BCUT2D eigenvalue weighted by Crippen LogP contribution is -2.23. The van der Waals surface area contributed by atoms with Gasteiger partial charge in [-0.25, -0.2) is 0 Å². The number of nitrogens with zero attached hydrogens (tertiary/aromatic N) is 1. The normalized spacial score (nSPS) is 10.5. The Bertz CT molecular complexity index is 721. The van der Waals surface area contributed by atoms with Gasteiger partial charge in [-0.2, -0.15) is 5.06 Å². The number of hydrogen-bond acceptors (Lipinski definition) is 4. The summed E-state index contributed by atoms with van der Waals surface area (Å²) in [6, 6.07) is 10.8. The summed E-state index contributed by atoms with van der Waals surface area (Å²) in [5.74, 6) is 0.752. The molecule has 2 aromatic rings. The second kappa shape index (κ2) is 7.73. The molecular formula is C17H18ClNO3S. The third-order valence-corrected chi connectivity index (χ3v) is 4.09. The van der Waals surface area contributed by atoms with Crippen LogP contribution >= 0.6 is 23.4 Å². The molecule has 122 valence electrons. The second-order valence-electron chi connectivity index (χ2n) is 5.11. The van der Waals surface area contributed by atoms with Crippen molar-refractivity contribution in [3.63, 3.8) is 0 Å². The first-order valence-corrected chi connectivity index (χ1v) is 8.58. The van der Waals surface area contributed by atoms with Gasteiger partial charge in [-0.15, -0.1) is 0 Å². The Labute approximate surface area is 145 Å². The maximum absolute atomic E-state index is 11.7. The number of anilines is 1. The maximum atomic E-state index is 11.7. The van der Waals surface area contributed by atoms with Crippen LogP contribution in [0.4, 0.5) is 10.5 Å². The van der Waals surface area contributed by atoms with E-state index in [4.69, 9.17) is 16.3 Å². The fourth-order valence-corrected chi connectivity index (χ4v) is 2.64. The van der Waals surface area contributed by atoms with Crippen molar-refractivity contribution in [2.45, 2.75) is 20.5 Å². The van der Waals surface area contributed by atoms with Gasteiger partial charge < -0.3 is 4.74 Å². The number of halogens is 1. The minimum absolute atomic E-state index is 0.193. The summed E-state index contributed by atoms with van der Waals surface area (Å²) in [4.78, 5) is 11.7. The third-order valence-electron chi connectivity index (χ3n) is 3.33. The Morgan fingerprint density at radius 2 is 2.00 bits per heavy atom. The predicted octanol–water partition coefficient (Wildman–Crippen LogP) is 5.21. The Morgan fingerprint density at radius 3 is 2.65 bits per heavy atom. The largest absolute Gasteiger partial charge is 0.489 e. The molecule has 2 aromatic carbocycles. The molecule has 0 atom stereocenters. The van der Waals surface area contributed by atoms with Crippen molar-refractivity contribution in [3.8, 4) is 5.75 Å². The molecule has 0 radical (unpaired) electrons. The standard InChI is InChI=1S/C17H18ClNO3S/c1-11-4-7-16(12(2)8-11)22-10-13-9-14(18)5-6-15(13)19(21)17(20)23-3/h4-9,21H,10H2,1-3H3. The molecule has 0 aliphatic rings. The molecule has 0 heterocycles. The first kappa shape index (κ1) is 17.7. The number of aryl methyl sites for hydroxylation is 2. The third kappa shape index (κ3) is 4.41. The highest BCUT2D eigenvalue weighted by Crippen LogP contribution is 2.27. The van der Waals surface area contributed by atoms with E-state index in [1.165, 1.54) is 0 Å². The predicted molar refractivity (Wildman–Crippen MR) is 94.9 cm³/mol. The van der Waals surface area contributed by atoms with Gasteiger partial charge in [0, 0.05) is 10.6 Å². The number of thioether (sulfide) groups is 1. The van der Waals surface area contributed by atoms with E-state index in [1.54, 1.807) is 24.5 Å². The molecule has 0 unspecified atom stereocenters. The van der Waals surface area contributed by atoms with Crippen molar-refractivity contribution in [1.29, 1.82) is 0 Å². The van der Waals surface area contributed by atoms with Crippen molar-refractivity contribution >= 4 is 34.3 Å². The van der Waals surface area contributed by atoms with Gasteiger partial charge in [0.05, 0.1) is 5.69 Å². The number of benzene rings is 2. The van der Waals surface area contributed by atoms with Gasteiger partial charge in [-0.1, -0.05) is 41.1 Å². The van der Waals surface area contributed by atoms with E-state index in [9.17, 15) is 10.0 Å². The molecule has 6 heteroatoms. The van der Waals surface area contributed by atoms with Gasteiger partial charge in [0.15, 0.2) is 0 Å². The smallest absolute Gasteiger partial charge is 0.309 e. The number of rotatable bonds is 4. The van der Waals surface area contributed by atoms with Crippen LogP contribution in [0.1, 0.15) is 16.7 Å². The number of carbonyl (C=O) groups is 1. The van der Waals surface area contributed by atoms with E-state index in [2.05, 4.69) is 0 Å². The summed E-state index contributed by atoms with van der Waals surface area (Å²) >= 11 is 6.95. The zero-order chi connectivity index (χ0) is 17.0. The molecule has 0 aliphatic carbocycles. The van der Waals surface area contributed by atoms with Gasteiger partial charge >= 0.3 is 5.24 Å². The molecule has 4 nitrogen and oxygen atoms in total. The zero-order valence-corrected chi connectivity index (χ0v) is 14.7. The first-order valence-electron chi connectivity index (χ1n) is 6.98. The average Bonchev–Trinajstić information content (AvgIpc) is 2.52. The van der Waals surface area contributed by atoms with Crippen LogP contribution < -0.4 is 9.80 Å². The van der Waals surface area contributed by atoms with Gasteiger partial charge in [0.2, 0.25) is 0 Å². The van der Waals surface area contributed by atoms with E-state index >= 15 is 0 Å². The van der Waals surface area contributed by atoms with Crippen LogP contribution in [0.5, 0.6) is 5.75 Å². The molecular weight excluding hydrogens is 334 g/mol. The van der Waals surface area contributed by atoms with E-state index in [1.807, 2.05) is 32.0 Å². The lowest BCUT2D eigenvalue weighted by atomic mass is 10.1. The zero-order valence-electron chi connectivity index (χ0n) is 13.2. The number of ether oxygens (including phenoxy) is 1. The van der Waals surface area contributed by atoms with Crippen molar-refractivity contribution < 1.29 is 14.7 Å². The topological polar surface area (TPSA) is 49.8 Å². The highest BCUT2D eigenvalue weighted by atomic mass is 35.5. The first-order chi connectivity index (χ1) is 10.9. The highest BCUT2D eigenvalue weighted by Gasteiger charge is 2.17. The number of carbonyl (C=O) groups excluding carboxylic acids is 1. The fraction of sp³-hybridized carbons (Fsp3) is 0.235. The van der Waals surface area contributed by atoms with E-state index in [0.29, 0.717) is 21.3 Å². The summed E-state index contributed by atoms with van der Waals surface area (Å²) in [5.41, 5.74) is 3.17. The minimum atomic E-state index is -0.472. The molecule has 23 heavy (non-hydrogen) atoms. The molecule has 0 aliphatic heterocycles. The van der Waals surface area contributed by atoms with E-state index < -0.39 is 5.24 Å². The molecule has 0 saturated carbocycles. The summed E-state index contributed by atoms with van der Waals surface area (Å²) < 4.78 is 5.82. The second-order valence-corrected chi connectivity index (χ2v) is 6.31. The monoisotopic (exact) mass is 351 g/mol. The summed E-state index contributed by atoms with van der Waals surface area (Å²) in [6.45, 7) is 4.18. The molecule has 0 fully saturated rings. The van der Waals surface area contributed by atoms with Gasteiger partial charge in [-0.05, 0) is 49.9 Å². The molecule has 1 N–H and O–H groups in total. The number of hydroxylamine groups is 1. The van der Waals surface area contributed by atoms with E-state index in [-0.39, 0.29) is 6.61 Å². The Morgan fingerprint density at radius 1 is 1.26 bits per heavy atom. The molecule has 0 spiro atoms. The Hall–Kier alpha value is -1.69. The number of hydrogen-bond donors (Lipinski definition) is 1. The Kier molecular flexibility index (Phi) is 5.93. The summed E-state index contributed by atoms with van der Waals surface area (Å²) in [6.07, 6.45) is 1.60. The van der Waals surface area contributed by atoms with Crippen LogP contribution in [0.2, 0.25) is 5.02 Å². The van der Waals surface area contributed by atoms with Crippen LogP contribution in [0.15, 0.2) is 36.4 Å². The molecule has 2 rings (SSSR count). The minimum Gasteiger partial charge on any atom is -0.489 e. The van der Waals surface area contributed by atoms with Crippen LogP contribution in [0, 0.1) is 13.8 Å². The SMILES string of the molecule is CSC(=O)N(O)c1ccc(Cl)cc1COc1ccc(C)cc1C. The van der Waals surface area contributed by atoms with Crippen LogP contribution in [-0.4, -0.2) is 16.7 Å². The maximum Gasteiger partial charge on any atom is 0.309 e. The van der Waals surface area contributed by atoms with Crippen molar-refractivity contribution in [3.05, 3.63) is 58.1 Å². The number of amides is 1. The summed E-state index contributed by atoms with van der Waals surface area (Å²) in [7, 11) is 0. The molecule has 0 aromatic heterocycles. The van der Waals surface area contributed by atoms with Gasteiger partial charge in [0.25, 0.3) is 0 Å². The van der Waals surface area contributed by atoms with Gasteiger partial charge in [0.1, 0.15) is 12.4 Å². The quantitative estimate of drug-likeness (QED) is 0.606. The lowest BCUT2D eigenvalue weighted by molar-refractivity contribution is 0.223.